The summed E-state index contributed by atoms with van der Waals surface area (Å²) in [6.45, 7) is 2.20. The monoisotopic (exact) mass is 382 g/mol. The predicted molar refractivity (Wildman–Crippen MR) is 99.8 cm³/mol. The molecule has 27 heavy (non-hydrogen) atoms. The molecule has 0 saturated carbocycles. The Morgan fingerprint density at radius 2 is 2.19 bits per heavy atom. The van der Waals surface area contributed by atoms with Crippen molar-refractivity contribution in [2.24, 2.45) is 5.73 Å². The van der Waals surface area contributed by atoms with Gasteiger partial charge in [-0.2, -0.15) is 0 Å². The molecule has 8 heteroatoms. The van der Waals surface area contributed by atoms with Crippen LogP contribution in [0.2, 0.25) is 0 Å². The van der Waals surface area contributed by atoms with Gasteiger partial charge in [-0.25, -0.2) is 9.37 Å². The summed E-state index contributed by atoms with van der Waals surface area (Å²) < 4.78 is 20.6. The maximum atomic E-state index is 13.6. The van der Waals surface area contributed by atoms with Crippen LogP contribution in [0, 0.1) is 12.7 Å². The van der Waals surface area contributed by atoms with E-state index in [9.17, 15) is 9.18 Å². The largest absolute Gasteiger partial charge is 0.366 e. The zero-order chi connectivity index (χ0) is 19.0. The van der Waals surface area contributed by atoms with Crippen molar-refractivity contribution in [3.8, 4) is 22.2 Å². The number of aromatic nitrogens is 3. The highest BCUT2D eigenvalue weighted by atomic mass is 32.1. The van der Waals surface area contributed by atoms with Gasteiger partial charge >= 0.3 is 0 Å². The number of rotatable bonds is 5. The average Bonchev–Trinajstić information content (AvgIpc) is 3.35. The van der Waals surface area contributed by atoms with E-state index in [0.717, 1.165) is 11.3 Å². The molecule has 0 radical (unpaired) electrons. The molecule has 136 valence electrons. The minimum atomic E-state index is -0.516. The Kier molecular flexibility index (Phi) is 4.33. The summed E-state index contributed by atoms with van der Waals surface area (Å²) in [7, 11) is 0. The van der Waals surface area contributed by atoms with Gasteiger partial charge in [-0.05, 0) is 30.7 Å². The second-order valence-electron chi connectivity index (χ2n) is 6.02. The highest BCUT2D eigenvalue weighted by molar-refractivity contribution is 7.13. The van der Waals surface area contributed by atoms with Gasteiger partial charge in [0.2, 0.25) is 0 Å². The fourth-order valence-corrected chi connectivity index (χ4v) is 3.73. The summed E-state index contributed by atoms with van der Waals surface area (Å²) in [6, 6.07) is 9.80. The number of amides is 1. The third-order valence-corrected chi connectivity index (χ3v) is 5.13. The van der Waals surface area contributed by atoms with Gasteiger partial charge in [0.1, 0.15) is 5.82 Å². The molecule has 2 N–H and O–H groups in total. The van der Waals surface area contributed by atoms with Crippen molar-refractivity contribution in [1.82, 2.24) is 14.7 Å². The van der Waals surface area contributed by atoms with Gasteiger partial charge < -0.3 is 14.8 Å². The molecule has 0 spiro atoms. The highest BCUT2D eigenvalue weighted by Crippen LogP contribution is 2.31. The van der Waals surface area contributed by atoms with Crippen molar-refractivity contribution >= 4 is 17.2 Å². The van der Waals surface area contributed by atoms with Crippen molar-refractivity contribution in [3.63, 3.8) is 0 Å². The van der Waals surface area contributed by atoms with E-state index in [4.69, 9.17) is 10.3 Å². The lowest BCUT2D eigenvalue weighted by Crippen LogP contribution is -2.12. The fourth-order valence-electron chi connectivity index (χ4n) is 2.96. The van der Waals surface area contributed by atoms with Crippen molar-refractivity contribution in [1.29, 1.82) is 0 Å². The summed E-state index contributed by atoms with van der Waals surface area (Å²) in [4.78, 5) is 16.4. The van der Waals surface area contributed by atoms with Crippen LogP contribution in [0.25, 0.3) is 22.2 Å². The Balaban J connectivity index is 1.80. The summed E-state index contributed by atoms with van der Waals surface area (Å²) in [5.41, 5.74) is 8.82. The first-order chi connectivity index (χ1) is 13.0. The first kappa shape index (κ1) is 17.2. The lowest BCUT2D eigenvalue weighted by atomic mass is 10.2. The molecule has 1 aromatic carbocycles. The second-order valence-corrected chi connectivity index (χ2v) is 6.88. The van der Waals surface area contributed by atoms with Gasteiger partial charge in [0.15, 0.2) is 10.8 Å². The third-order valence-electron chi connectivity index (χ3n) is 4.28. The number of hydrogen-bond acceptors (Lipinski definition) is 5. The van der Waals surface area contributed by atoms with Gasteiger partial charge in [0.05, 0.1) is 23.1 Å². The van der Waals surface area contributed by atoms with Crippen LogP contribution in [-0.4, -0.2) is 20.6 Å². The Morgan fingerprint density at radius 1 is 1.33 bits per heavy atom. The number of carbonyl (C=O) groups is 1. The molecule has 1 amide bonds. The number of thiazole rings is 1. The minimum absolute atomic E-state index is 0.310. The van der Waals surface area contributed by atoms with E-state index in [1.165, 1.54) is 23.5 Å². The Bertz CT molecular complexity index is 1110. The van der Waals surface area contributed by atoms with Gasteiger partial charge in [0, 0.05) is 23.7 Å². The van der Waals surface area contributed by atoms with Crippen molar-refractivity contribution in [2.75, 3.05) is 0 Å². The van der Waals surface area contributed by atoms with E-state index >= 15 is 0 Å². The first-order valence-electron chi connectivity index (χ1n) is 8.14. The molecule has 0 aliphatic heterocycles. The van der Waals surface area contributed by atoms with Crippen LogP contribution in [0.5, 0.6) is 0 Å². The SMILES string of the molecule is Cc1c(C(N)=O)cc(-c2csc(-c3ccno3)n2)n1Cc1cccc(F)c1. The maximum absolute atomic E-state index is 13.6. The molecule has 4 aromatic rings. The van der Waals surface area contributed by atoms with Crippen molar-refractivity contribution in [3.05, 3.63) is 70.6 Å². The molecular weight excluding hydrogens is 367 g/mol. The number of hydrogen-bond donors (Lipinski definition) is 1. The van der Waals surface area contributed by atoms with E-state index in [1.807, 2.05) is 22.9 Å². The normalized spacial score (nSPS) is 11.0. The van der Waals surface area contributed by atoms with E-state index in [2.05, 4.69) is 10.1 Å². The van der Waals surface area contributed by atoms with Crippen LogP contribution in [0.3, 0.4) is 0 Å². The minimum Gasteiger partial charge on any atom is -0.366 e. The average molecular weight is 382 g/mol. The maximum Gasteiger partial charge on any atom is 0.250 e. The quantitative estimate of drug-likeness (QED) is 0.568. The van der Waals surface area contributed by atoms with Crippen LogP contribution in [0.4, 0.5) is 4.39 Å². The molecule has 3 aromatic heterocycles. The summed E-state index contributed by atoms with van der Waals surface area (Å²) in [5.74, 6) is -0.256. The van der Waals surface area contributed by atoms with Gasteiger partial charge in [-0.15, -0.1) is 11.3 Å². The number of halogens is 1. The van der Waals surface area contributed by atoms with E-state index in [0.29, 0.717) is 34.3 Å². The zero-order valence-corrected chi connectivity index (χ0v) is 15.2. The molecule has 0 aliphatic rings. The molecule has 0 fully saturated rings. The molecule has 0 aliphatic carbocycles. The van der Waals surface area contributed by atoms with E-state index in [1.54, 1.807) is 24.4 Å². The molecule has 0 unspecified atom stereocenters. The van der Waals surface area contributed by atoms with Crippen LogP contribution in [-0.2, 0) is 6.54 Å². The molecule has 0 saturated heterocycles. The number of primary amides is 1. The van der Waals surface area contributed by atoms with Gasteiger partial charge in [-0.1, -0.05) is 17.3 Å². The zero-order valence-electron chi connectivity index (χ0n) is 14.3. The van der Waals surface area contributed by atoms with Gasteiger partial charge in [-0.3, -0.25) is 4.79 Å². The first-order valence-corrected chi connectivity index (χ1v) is 9.02. The lowest BCUT2D eigenvalue weighted by molar-refractivity contribution is 0.0999. The van der Waals surface area contributed by atoms with Crippen LogP contribution in [0.15, 0.2) is 52.5 Å². The van der Waals surface area contributed by atoms with Crippen LogP contribution < -0.4 is 5.73 Å². The molecule has 6 nitrogen and oxygen atoms in total. The Hall–Kier alpha value is -3.26. The van der Waals surface area contributed by atoms with Crippen molar-refractivity contribution < 1.29 is 13.7 Å². The predicted octanol–water partition coefficient (Wildman–Crippen LogP) is 3.86. The topological polar surface area (TPSA) is 86.9 Å². The van der Waals surface area contributed by atoms with Gasteiger partial charge in [0.25, 0.3) is 5.91 Å². The van der Waals surface area contributed by atoms with Crippen LogP contribution >= 0.6 is 11.3 Å². The summed E-state index contributed by atoms with van der Waals surface area (Å²) in [6.07, 6.45) is 1.55. The van der Waals surface area contributed by atoms with E-state index < -0.39 is 5.91 Å². The number of carbonyl (C=O) groups excluding carboxylic acids is 1. The summed E-state index contributed by atoms with van der Waals surface area (Å²) in [5, 5.41) is 6.25. The van der Waals surface area contributed by atoms with Crippen LogP contribution in [0.1, 0.15) is 21.6 Å². The summed E-state index contributed by atoms with van der Waals surface area (Å²) >= 11 is 1.41. The number of nitrogens with two attached hydrogens (primary N) is 1. The molecular formula is C19H15FN4O2S. The lowest BCUT2D eigenvalue weighted by Gasteiger charge is -2.11. The molecule has 4 rings (SSSR count). The standard InChI is InChI=1S/C19H15FN4O2S/c1-11-14(18(21)25)8-16(24(11)9-12-3-2-4-13(20)7-12)15-10-27-19(23-15)17-5-6-22-26-17/h2-8,10H,9H2,1H3,(H2,21,25). The smallest absolute Gasteiger partial charge is 0.250 e. The number of nitrogens with zero attached hydrogens (tertiary/aromatic N) is 3. The Labute approximate surface area is 158 Å². The third kappa shape index (κ3) is 3.26. The van der Waals surface area contributed by atoms with E-state index in [-0.39, 0.29) is 5.82 Å². The molecule has 0 bridgehead atoms. The fraction of sp³-hybridized carbons (Fsp3) is 0.105. The number of benzene rings is 1. The molecule has 0 atom stereocenters. The van der Waals surface area contributed by atoms with Crippen molar-refractivity contribution in [2.45, 2.75) is 13.5 Å². The second kappa shape index (κ2) is 6.81. The Morgan fingerprint density at radius 3 is 2.89 bits per heavy atom. The molecule has 3 heterocycles. The highest BCUT2D eigenvalue weighted by Gasteiger charge is 2.19.